The lowest BCUT2D eigenvalue weighted by Gasteiger charge is -2.09. The zero-order valence-corrected chi connectivity index (χ0v) is 13.9. The fraction of sp³-hybridized carbons (Fsp3) is 0.235. The first-order valence-electron chi connectivity index (χ1n) is 7.00. The number of thioether (sulfide) groups is 1. The lowest BCUT2D eigenvalue weighted by molar-refractivity contribution is -0.116. The Labute approximate surface area is 140 Å². The minimum Gasteiger partial charge on any atom is -0.495 e. The number of carbonyl (C=O) groups is 1. The second-order valence-corrected chi connectivity index (χ2v) is 6.26. The molecule has 0 bridgehead atoms. The van der Waals surface area contributed by atoms with Crippen molar-refractivity contribution in [3.8, 4) is 5.75 Å². The second kappa shape index (κ2) is 8.71. The number of benzene rings is 2. The number of para-hydroxylation sites is 2. The molecule has 0 aromatic heterocycles. The van der Waals surface area contributed by atoms with Gasteiger partial charge in [-0.25, -0.2) is 0 Å². The highest BCUT2D eigenvalue weighted by Crippen LogP contribution is 2.24. The molecule has 2 rings (SSSR count). The highest BCUT2D eigenvalue weighted by Gasteiger charge is 2.06. The van der Waals surface area contributed by atoms with Crippen LogP contribution in [-0.2, 0) is 4.79 Å². The number of halogens is 1. The van der Waals surface area contributed by atoms with Crippen molar-refractivity contribution in [3.05, 3.63) is 53.6 Å². The number of amides is 1. The highest BCUT2D eigenvalue weighted by molar-refractivity contribution is 7.99. The van der Waals surface area contributed by atoms with E-state index in [0.29, 0.717) is 17.9 Å². The third-order valence-electron chi connectivity index (χ3n) is 3.01. The number of methoxy groups -OCH3 is 1. The fourth-order valence-electron chi connectivity index (χ4n) is 1.91. The Kier molecular flexibility index (Phi) is 6.62. The van der Waals surface area contributed by atoms with E-state index in [1.807, 2.05) is 48.5 Å². The normalized spacial score (nSPS) is 10.3. The van der Waals surface area contributed by atoms with Crippen LogP contribution in [0, 0.1) is 0 Å². The molecule has 0 fully saturated rings. The topological polar surface area (TPSA) is 38.3 Å². The monoisotopic (exact) mass is 335 g/mol. The average molecular weight is 336 g/mol. The molecule has 0 spiro atoms. The molecule has 1 N–H and O–H groups in total. The Morgan fingerprint density at radius 3 is 2.64 bits per heavy atom. The number of carbonyl (C=O) groups excluding carboxylic acids is 1. The van der Waals surface area contributed by atoms with Crippen LogP contribution in [0.2, 0.25) is 5.02 Å². The van der Waals surface area contributed by atoms with Crippen molar-refractivity contribution >= 4 is 35.0 Å². The van der Waals surface area contributed by atoms with Gasteiger partial charge in [-0.15, -0.1) is 11.8 Å². The first kappa shape index (κ1) is 16.7. The van der Waals surface area contributed by atoms with E-state index in [0.717, 1.165) is 22.1 Å². The lowest BCUT2D eigenvalue weighted by Crippen LogP contribution is -2.12. The van der Waals surface area contributed by atoms with Crippen LogP contribution in [0.4, 0.5) is 5.69 Å². The molecule has 0 heterocycles. The van der Waals surface area contributed by atoms with Crippen LogP contribution in [0.1, 0.15) is 12.8 Å². The van der Waals surface area contributed by atoms with E-state index in [9.17, 15) is 4.79 Å². The molecule has 0 unspecified atom stereocenters. The van der Waals surface area contributed by atoms with Crippen LogP contribution >= 0.6 is 23.4 Å². The maximum Gasteiger partial charge on any atom is 0.224 e. The van der Waals surface area contributed by atoms with Gasteiger partial charge in [0.05, 0.1) is 12.8 Å². The first-order chi connectivity index (χ1) is 10.7. The number of hydrogen-bond donors (Lipinski definition) is 1. The van der Waals surface area contributed by atoms with E-state index < -0.39 is 0 Å². The van der Waals surface area contributed by atoms with E-state index in [2.05, 4.69) is 5.32 Å². The zero-order chi connectivity index (χ0) is 15.8. The van der Waals surface area contributed by atoms with E-state index in [1.165, 1.54) is 0 Å². The summed E-state index contributed by atoms with van der Waals surface area (Å²) in [7, 11) is 1.59. The SMILES string of the molecule is COc1ccccc1NC(=O)CCCSc1ccc(Cl)cc1. The maximum atomic E-state index is 11.9. The molecule has 0 atom stereocenters. The zero-order valence-electron chi connectivity index (χ0n) is 12.3. The molecule has 0 saturated heterocycles. The van der Waals surface area contributed by atoms with Gasteiger partial charge in [0, 0.05) is 16.3 Å². The Morgan fingerprint density at radius 1 is 1.18 bits per heavy atom. The Bertz CT molecular complexity index is 616. The molecule has 22 heavy (non-hydrogen) atoms. The summed E-state index contributed by atoms with van der Waals surface area (Å²) in [6, 6.07) is 15.1. The van der Waals surface area contributed by atoms with Gasteiger partial charge in [-0.1, -0.05) is 23.7 Å². The van der Waals surface area contributed by atoms with Crippen molar-refractivity contribution in [2.45, 2.75) is 17.7 Å². The van der Waals surface area contributed by atoms with Gasteiger partial charge in [0.25, 0.3) is 0 Å². The number of hydrogen-bond acceptors (Lipinski definition) is 3. The molecule has 0 saturated carbocycles. The summed E-state index contributed by atoms with van der Waals surface area (Å²) in [5.74, 6) is 1.56. The van der Waals surface area contributed by atoms with Gasteiger partial charge in [-0.2, -0.15) is 0 Å². The molecular formula is C17H18ClNO2S. The predicted octanol–water partition coefficient (Wildman–Crippen LogP) is 4.86. The summed E-state index contributed by atoms with van der Waals surface area (Å²) in [6.45, 7) is 0. The molecule has 1 amide bonds. The molecule has 0 aliphatic rings. The summed E-state index contributed by atoms with van der Waals surface area (Å²) in [5, 5.41) is 3.61. The first-order valence-corrected chi connectivity index (χ1v) is 8.36. The van der Waals surface area contributed by atoms with Crippen LogP contribution in [-0.4, -0.2) is 18.8 Å². The van der Waals surface area contributed by atoms with Crippen molar-refractivity contribution < 1.29 is 9.53 Å². The van der Waals surface area contributed by atoms with Gasteiger partial charge in [0.2, 0.25) is 5.91 Å². The molecule has 2 aromatic carbocycles. The smallest absolute Gasteiger partial charge is 0.224 e. The third-order valence-corrected chi connectivity index (χ3v) is 4.36. The van der Waals surface area contributed by atoms with Crippen LogP contribution in [0.25, 0.3) is 0 Å². The Balaban J connectivity index is 1.72. The van der Waals surface area contributed by atoms with E-state index >= 15 is 0 Å². The Morgan fingerprint density at radius 2 is 1.91 bits per heavy atom. The van der Waals surface area contributed by atoms with Gasteiger partial charge < -0.3 is 10.1 Å². The number of anilines is 1. The van der Waals surface area contributed by atoms with Gasteiger partial charge in [0.1, 0.15) is 5.75 Å². The largest absolute Gasteiger partial charge is 0.495 e. The fourth-order valence-corrected chi connectivity index (χ4v) is 2.89. The van der Waals surface area contributed by atoms with Crippen molar-refractivity contribution in [2.75, 3.05) is 18.2 Å². The van der Waals surface area contributed by atoms with Crippen molar-refractivity contribution in [1.82, 2.24) is 0 Å². The molecular weight excluding hydrogens is 318 g/mol. The maximum absolute atomic E-state index is 11.9. The minimum absolute atomic E-state index is 0.00112. The number of nitrogens with one attached hydrogen (secondary N) is 1. The van der Waals surface area contributed by atoms with Gasteiger partial charge in [-0.05, 0) is 48.6 Å². The van der Waals surface area contributed by atoms with Crippen molar-refractivity contribution in [1.29, 1.82) is 0 Å². The number of ether oxygens (including phenoxy) is 1. The molecule has 0 aliphatic heterocycles. The summed E-state index contributed by atoms with van der Waals surface area (Å²) in [4.78, 5) is 13.1. The summed E-state index contributed by atoms with van der Waals surface area (Å²) >= 11 is 7.57. The minimum atomic E-state index is 0.00112. The number of rotatable bonds is 7. The van der Waals surface area contributed by atoms with E-state index in [4.69, 9.17) is 16.3 Å². The second-order valence-electron chi connectivity index (χ2n) is 4.65. The van der Waals surface area contributed by atoms with Gasteiger partial charge >= 0.3 is 0 Å². The van der Waals surface area contributed by atoms with Crippen LogP contribution < -0.4 is 10.1 Å². The van der Waals surface area contributed by atoms with Crippen LogP contribution in [0.5, 0.6) is 5.75 Å². The molecule has 5 heteroatoms. The molecule has 2 aromatic rings. The lowest BCUT2D eigenvalue weighted by atomic mass is 10.2. The molecule has 0 radical (unpaired) electrons. The molecule has 116 valence electrons. The Hall–Kier alpha value is -1.65. The average Bonchev–Trinajstić information content (AvgIpc) is 2.54. The van der Waals surface area contributed by atoms with E-state index in [-0.39, 0.29) is 5.91 Å². The summed E-state index contributed by atoms with van der Waals surface area (Å²) in [6.07, 6.45) is 1.30. The summed E-state index contributed by atoms with van der Waals surface area (Å²) in [5.41, 5.74) is 0.709. The van der Waals surface area contributed by atoms with Crippen molar-refractivity contribution in [3.63, 3.8) is 0 Å². The van der Waals surface area contributed by atoms with Crippen molar-refractivity contribution in [2.24, 2.45) is 0 Å². The van der Waals surface area contributed by atoms with Crippen LogP contribution in [0.3, 0.4) is 0 Å². The summed E-state index contributed by atoms with van der Waals surface area (Å²) < 4.78 is 5.21. The molecule has 3 nitrogen and oxygen atoms in total. The van der Waals surface area contributed by atoms with Crippen LogP contribution in [0.15, 0.2) is 53.4 Å². The van der Waals surface area contributed by atoms with E-state index in [1.54, 1.807) is 18.9 Å². The predicted molar refractivity (Wildman–Crippen MR) is 93.0 cm³/mol. The van der Waals surface area contributed by atoms with Gasteiger partial charge in [0.15, 0.2) is 0 Å². The standard InChI is InChI=1S/C17H18ClNO2S/c1-21-16-6-3-2-5-15(16)19-17(20)7-4-12-22-14-10-8-13(18)9-11-14/h2-3,5-6,8-11H,4,7,12H2,1H3,(H,19,20). The molecule has 0 aliphatic carbocycles. The quantitative estimate of drug-likeness (QED) is 0.580. The highest BCUT2D eigenvalue weighted by atomic mass is 35.5. The third kappa shape index (κ3) is 5.28. The van der Waals surface area contributed by atoms with Gasteiger partial charge in [-0.3, -0.25) is 4.79 Å².